The van der Waals surface area contributed by atoms with Gasteiger partial charge in [-0.25, -0.2) is 8.42 Å². The molecule has 1 aromatic heterocycles. The molecule has 0 aliphatic heterocycles. The van der Waals surface area contributed by atoms with Crippen LogP contribution in [0.5, 0.6) is 0 Å². The molecule has 0 radical (unpaired) electrons. The van der Waals surface area contributed by atoms with Gasteiger partial charge in [-0.3, -0.25) is 4.79 Å². The van der Waals surface area contributed by atoms with Crippen molar-refractivity contribution in [1.29, 1.82) is 0 Å². The van der Waals surface area contributed by atoms with Crippen LogP contribution in [0.15, 0.2) is 45.9 Å². The lowest BCUT2D eigenvalue weighted by atomic mass is 10.2. The quantitative estimate of drug-likeness (QED) is 0.873. The third-order valence-electron chi connectivity index (χ3n) is 3.42. The second-order valence-corrected chi connectivity index (χ2v) is 7.40. The van der Waals surface area contributed by atoms with Crippen LogP contribution in [0.4, 0.5) is 0 Å². The zero-order valence-corrected chi connectivity index (χ0v) is 14.2. The second-order valence-electron chi connectivity index (χ2n) is 5.39. The maximum absolute atomic E-state index is 12.6. The minimum Gasteiger partial charge on any atom is -0.467 e. The first-order chi connectivity index (χ1) is 10.8. The van der Waals surface area contributed by atoms with Crippen LogP contribution in [0.3, 0.4) is 0 Å². The summed E-state index contributed by atoms with van der Waals surface area (Å²) in [5.74, 6) is 0.218. The van der Waals surface area contributed by atoms with Gasteiger partial charge in [0.15, 0.2) is 0 Å². The van der Waals surface area contributed by atoms with Crippen molar-refractivity contribution >= 4 is 15.9 Å². The van der Waals surface area contributed by atoms with E-state index >= 15 is 0 Å². The average molecular weight is 336 g/mol. The summed E-state index contributed by atoms with van der Waals surface area (Å²) in [6, 6.07) is 8.56. The van der Waals surface area contributed by atoms with E-state index in [1.165, 1.54) is 13.3 Å². The number of sulfonamides is 1. The average Bonchev–Trinajstić information content (AvgIpc) is 2.97. The number of aryl methyl sites for hydroxylation is 2. The van der Waals surface area contributed by atoms with Gasteiger partial charge >= 0.3 is 0 Å². The molecule has 6 nitrogen and oxygen atoms in total. The van der Waals surface area contributed by atoms with Gasteiger partial charge in [0.05, 0.1) is 24.2 Å². The van der Waals surface area contributed by atoms with E-state index in [4.69, 9.17) is 4.42 Å². The Labute approximate surface area is 136 Å². The Morgan fingerprint density at radius 3 is 2.61 bits per heavy atom. The Balaban J connectivity index is 2.03. The zero-order valence-electron chi connectivity index (χ0n) is 13.4. The van der Waals surface area contributed by atoms with Crippen LogP contribution < -0.4 is 5.32 Å². The van der Waals surface area contributed by atoms with Gasteiger partial charge in [-0.15, -0.1) is 0 Å². The van der Waals surface area contributed by atoms with Gasteiger partial charge in [0.1, 0.15) is 5.76 Å². The molecule has 0 atom stereocenters. The van der Waals surface area contributed by atoms with Crippen LogP contribution >= 0.6 is 0 Å². The number of hydrogen-bond acceptors (Lipinski definition) is 4. The summed E-state index contributed by atoms with van der Waals surface area (Å²) >= 11 is 0. The Morgan fingerprint density at radius 2 is 2.00 bits per heavy atom. The largest absolute Gasteiger partial charge is 0.467 e. The lowest BCUT2D eigenvalue weighted by molar-refractivity contribution is -0.121. The molecule has 0 spiro atoms. The lowest BCUT2D eigenvalue weighted by Gasteiger charge is -2.18. The highest BCUT2D eigenvalue weighted by molar-refractivity contribution is 7.89. The summed E-state index contributed by atoms with van der Waals surface area (Å²) in [7, 11) is -2.31. The number of carbonyl (C=O) groups is 1. The third-order valence-corrected chi connectivity index (χ3v) is 5.39. The molecule has 2 aromatic rings. The number of nitrogens with zero attached hydrogens (tertiary/aromatic N) is 1. The summed E-state index contributed by atoms with van der Waals surface area (Å²) in [5.41, 5.74) is 1.65. The van der Waals surface area contributed by atoms with E-state index in [0.29, 0.717) is 11.3 Å². The fourth-order valence-electron chi connectivity index (χ4n) is 2.20. The Hall–Kier alpha value is -2.12. The minimum absolute atomic E-state index is 0.212. The molecule has 0 saturated heterocycles. The van der Waals surface area contributed by atoms with E-state index in [-0.39, 0.29) is 18.0 Å². The molecule has 1 N–H and O–H groups in total. The maximum Gasteiger partial charge on any atom is 0.243 e. The summed E-state index contributed by atoms with van der Waals surface area (Å²) < 4.78 is 31.3. The van der Waals surface area contributed by atoms with Crippen molar-refractivity contribution in [3.05, 3.63) is 53.5 Å². The summed E-state index contributed by atoms with van der Waals surface area (Å²) in [4.78, 5) is 12.1. The molecule has 0 aliphatic carbocycles. The summed E-state index contributed by atoms with van der Waals surface area (Å²) in [6.07, 6.45) is 1.51. The number of nitrogens with one attached hydrogen (secondary N) is 1. The van der Waals surface area contributed by atoms with Crippen LogP contribution in [0.2, 0.25) is 0 Å². The second kappa shape index (κ2) is 6.97. The number of furan rings is 1. The SMILES string of the molecule is Cc1ccc(S(=O)(=O)N(C)CC(=O)NCc2ccco2)c(C)c1. The number of rotatable bonds is 6. The van der Waals surface area contributed by atoms with Gasteiger partial charge in [0.2, 0.25) is 15.9 Å². The number of hydrogen-bond donors (Lipinski definition) is 1. The van der Waals surface area contributed by atoms with E-state index in [9.17, 15) is 13.2 Å². The Kier molecular flexibility index (Phi) is 5.23. The van der Waals surface area contributed by atoms with Crippen molar-refractivity contribution in [2.45, 2.75) is 25.3 Å². The van der Waals surface area contributed by atoms with Crippen molar-refractivity contribution < 1.29 is 17.6 Å². The number of likely N-dealkylation sites (N-methyl/N-ethyl adjacent to an activating group) is 1. The highest BCUT2D eigenvalue weighted by Gasteiger charge is 2.24. The van der Waals surface area contributed by atoms with Crippen molar-refractivity contribution in [2.24, 2.45) is 0 Å². The fraction of sp³-hybridized carbons (Fsp3) is 0.312. The Bertz CT molecular complexity index is 782. The normalized spacial score (nSPS) is 11.7. The van der Waals surface area contributed by atoms with Gasteiger partial charge in [0.25, 0.3) is 0 Å². The van der Waals surface area contributed by atoms with Crippen LogP contribution in [-0.4, -0.2) is 32.2 Å². The molecule has 2 rings (SSSR count). The van der Waals surface area contributed by atoms with Gasteiger partial charge in [-0.05, 0) is 37.6 Å². The van der Waals surface area contributed by atoms with Crippen molar-refractivity contribution in [2.75, 3.05) is 13.6 Å². The van der Waals surface area contributed by atoms with E-state index < -0.39 is 15.9 Å². The molecule has 0 saturated carbocycles. The molecule has 0 aliphatic rings. The predicted octanol–water partition coefficient (Wildman–Crippen LogP) is 1.83. The lowest BCUT2D eigenvalue weighted by Crippen LogP contribution is -2.38. The van der Waals surface area contributed by atoms with Crippen LogP contribution in [0.25, 0.3) is 0 Å². The van der Waals surface area contributed by atoms with Gasteiger partial charge in [-0.1, -0.05) is 17.7 Å². The van der Waals surface area contributed by atoms with E-state index in [2.05, 4.69) is 5.32 Å². The monoisotopic (exact) mass is 336 g/mol. The highest BCUT2D eigenvalue weighted by Crippen LogP contribution is 2.19. The summed E-state index contributed by atoms with van der Waals surface area (Å²) in [5, 5.41) is 2.62. The molecule has 23 heavy (non-hydrogen) atoms. The molecular weight excluding hydrogens is 316 g/mol. The van der Waals surface area contributed by atoms with Gasteiger partial charge in [-0.2, -0.15) is 4.31 Å². The van der Waals surface area contributed by atoms with Crippen LogP contribution in [-0.2, 0) is 21.4 Å². The van der Waals surface area contributed by atoms with Gasteiger partial charge in [0, 0.05) is 7.05 Å². The third kappa shape index (κ3) is 4.20. The number of amides is 1. The van der Waals surface area contributed by atoms with Crippen molar-refractivity contribution in [1.82, 2.24) is 9.62 Å². The molecule has 0 unspecified atom stereocenters. The van der Waals surface area contributed by atoms with Crippen LogP contribution in [0, 0.1) is 13.8 Å². The molecular formula is C16H20N2O4S. The van der Waals surface area contributed by atoms with Crippen molar-refractivity contribution in [3.63, 3.8) is 0 Å². The first-order valence-corrected chi connectivity index (χ1v) is 8.57. The molecule has 0 bridgehead atoms. The zero-order chi connectivity index (χ0) is 17.0. The molecule has 1 amide bonds. The first-order valence-electron chi connectivity index (χ1n) is 7.13. The standard InChI is InChI=1S/C16H20N2O4S/c1-12-6-7-15(13(2)9-12)23(20,21)18(3)11-16(19)17-10-14-5-4-8-22-14/h4-9H,10-11H2,1-3H3,(H,17,19). The van der Waals surface area contributed by atoms with Crippen LogP contribution in [0.1, 0.15) is 16.9 Å². The fourth-order valence-corrected chi connectivity index (χ4v) is 3.53. The molecule has 0 fully saturated rings. The molecule has 124 valence electrons. The highest BCUT2D eigenvalue weighted by atomic mass is 32.2. The number of benzene rings is 1. The number of carbonyl (C=O) groups excluding carboxylic acids is 1. The molecule has 1 heterocycles. The summed E-state index contributed by atoms with van der Waals surface area (Å²) in [6.45, 7) is 3.61. The minimum atomic E-state index is -3.70. The molecule has 7 heteroatoms. The molecule has 1 aromatic carbocycles. The Morgan fingerprint density at radius 1 is 1.26 bits per heavy atom. The van der Waals surface area contributed by atoms with Crippen molar-refractivity contribution in [3.8, 4) is 0 Å². The van der Waals surface area contributed by atoms with Gasteiger partial charge < -0.3 is 9.73 Å². The topological polar surface area (TPSA) is 79.6 Å². The van der Waals surface area contributed by atoms with E-state index in [1.807, 2.05) is 6.92 Å². The van der Waals surface area contributed by atoms with E-state index in [0.717, 1.165) is 9.87 Å². The smallest absolute Gasteiger partial charge is 0.243 e. The van der Waals surface area contributed by atoms with E-state index in [1.54, 1.807) is 37.3 Å². The maximum atomic E-state index is 12.6. The predicted molar refractivity (Wildman–Crippen MR) is 86.3 cm³/mol. The first kappa shape index (κ1) is 17.2.